The SMILES string of the molecule is BrCCCCCCCCCOCC1CCCO1. The van der Waals surface area contributed by atoms with Crippen molar-refractivity contribution in [3.63, 3.8) is 0 Å². The lowest BCUT2D eigenvalue weighted by Crippen LogP contribution is -2.14. The highest BCUT2D eigenvalue weighted by Gasteiger charge is 2.14. The van der Waals surface area contributed by atoms with E-state index in [1.807, 2.05) is 0 Å². The van der Waals surface area contributed by atoms with E-state index in [2.05, 4.69) is 15.9 Å². The molecule has 1 saturated heterocycles. The minimum absolute atomic E-state index is 0.388. The van der Waals surface area contributed by atoms with Gasteiger partial charge in [-0.15, -0.1) is 0 Å². The van der Waals surface area contributed by atoms with Crippen LogP contribution in [0, 0.1) is 0 Å². The van der Waals surface area contributed by atoms with Gasteiger partial charge in [0.2, 0.25) is 0 Å². The van der Waals surface area contributed by atoms with Gasteiger partial charge in [0, 0.05) is 18.5 Å². The van der Waals surface area contributed by atoms with E-state index in [1.54, 1.807) is 0 Å². The van der Waals surface area contributed by atoms with Gasteiger partial charge in [0.15, 0.2) is 0 Å². The Labute approximate surface area is 115 Å². The molecule has 0 saturated carbocycles. The number of ether oxygens (including phenoxy) is 2. The summed E-state index contributed by atoms with van der Waals surface area (Å²) < 4.78 is 11.1. The summed E-state index contributed by atoms with van der Waals surface area (Å²) in [6.07, 6.45) is 12.2. The summed E-state index contributed by atoms with van der Waals surface area (Å²) in [5, 5.41) is 1.16. The maximum Gasteiger partial charge on any atom is 0.0809 e. The number of alkyl halides is 1. The Morgan fingerprint density at radius 3 is 2.35 bits per heavy atom. The zero-order valence-electron chi connectivity index (χ0n) is 11.0. The molecule has 17 heavy (non-hydrogen) atoms. The molecule has 1 fully saturated rings. The first-order valence-corrected chi connectivity index (χ1v) is 8.31. The van der Waals surface area contributed by atoms with Crippen LogP contribution in [0.1, 0.15) is 57.8 Å². The molecule has 1 unspecified atom stereocenters. The van der Waals surface area contributed by atoms with Gasteiger partial charge < -0.3 is 9.47 Å². The molecule has 0 aromatic carbocycles. The second-order valence-corrected chi connectivity index (χ2v) is 5.67. The highest BCUT2D eigenvalue weighted by Crippen LogP contribution is 2.12. The fourth-order valence-electron chi connectivity index (χ4n) is 2.17. The molecule has 0 aromatic rings. The molecule has 0 aromatic heterocycles. The van der Waals surface area contributed by atoms with Crippen LogP contribution in [-0.2, 0) is 9.47 Å². The van der Waals surface area contributed by atoms with Crippen molar-refractivity contribution in [1.82, 2.24) is 0 Å². The van der Waals surface area contributed by atoms with Crippen LogP contribution in [0.3, 0.4) is 0 Å². The Hall–Kier alpha value is 0.400. The van der Waals surface area contributed by atoms with Crippen molar-refractivity contribution < 1.29 is 9.47 Å². The van der Waals surface area contributed by atoms with Crippen LogP contribution in [0.2, 0.25) is 0 Å². The fourth-order valence-corrected chi connectivity index (χ4v) is 2.57. The summed E-state index contributed by atoms with van der Waals surface area (Å²) in [5.41, 5.74) is 0. The molecule has 1 aliphatic rings. The van der Waals surface area contributed by atoms with E-state index in [0.29, 0.717) is 6.10 Å². The standard InChI is InChI=1S/C14H27BrO2/c15-10-6-4-2-1-3-5-7-11-16-13-14-9-8-12-17-14/h14H,1-13H2. The average Bonchev–Trinajstić information content (AvgIpc) is 2.85. The second kappa shape index (κ2) is 11.5. The molecule has 2 nitrogen and oxygen atoms in total. The third-order valence-corrected chi connectivity index (χ3v) is 3.81. The van der Waals surface area contributed by atoms with Crippen LogP contribution >= 0.6 is 15.9 Å². The molecule has 1 heterocycles. The van der Waals surface area contributed by atoms with Gasteiger partial charge in [0.25, 0.3) is 0 Å². The second-order valence-electron chi connectivity index (χ2n) is 4.87. The highest BCUT2D eigenvalue weighted by atomic mass is 79.9. The minimum atomic E-state index is 0.388. The smallest absolute Gasteiger partial charge is 0.0809 e. The van der Waals surface area contributed by atoms with Crippen molar-refractivity contribution in [3.05, 3.63) is 0 Å². The lowest BCUT2D eigenvalue weighted by molar-refractivity contribution is 0.0161. The first-order chi connectivity index (χ1) is 8.43. The summed E-state index contributed by atoms with van der Waals surface area (Å²) >= 11 is 3.46. The lowest BCUT2D eigenvalue weighted by Gasteiger charge is -2.09. The summed E-state index contributed by atoms with van der Waals surface area (Å²) in [7, 11) is 0. The number of unbranched alkanes of at least 4 members (excludes halogenated alkanes) is 6. The number of hydrogen-bond donors (Lipinski definition) is 0. The molecular weight excluding hydrogens is 280 g/mol. The van der Waals surface area contributed by atoms with Gasteiger partial charge in [-0.2, -0.15) is 0 Å². The number of halogens is 1. The van der Waals surface area contributed by atoms with E-state index in [-0.39, 0.29) is 0 Å². The molecule has 1 atom stereocenters. The molecule has 3 heteroatoms. The first-order valence-electron chi connectivity index (χ1n) is 7.19. The van der Waals surface area contributed by atoms with Crippen LogP contribution in [0.4, 0.5) is 0 Å². The Balaban J connectivity index is 1.69. The predicted octanol–water partition coefficient (Wildman–Crippen LogP) is 4.31. The molecule has 0 N–H and O–H groups in total. The molecule has 0 amide bonds. The van der Waals surface area contributed by atoms with E-state index in [1.165, 1.54) is 57.8 Å². The highest BCUT2D eigenvalue weighted by molar-refractivity contribution is 9.09. The van der Waals surface area contributed by atoms with Crippen molar-refractivity contribution in [3.8, 4) is 0 Å². The van der Waals surface area contributed by atoms with Crippen molar-refractivity contribution in [2.45, 2.75) is 63.9 Å². The quantitative estimate of drug-likeness (QED) is 0.418. The predicted molar refractivity (Wildman–Crippen MR) is 75.9 cm³/mol. The van der Waals surface area contributed by atoms with Crippen molar-refractivity contribution in [2.24, 2.45) is 0 Å². The van der Waals surface area contributed by atoms with Gasteiger partial charge in [-0.3, -0.25) is 0 Å². The average molecular weight is 307 g/mol. The Bertz CT molecular complexity index is 158. The Kier molecular flexibility index (Phi) is 10.4. The normalized spacial score (nSPS) is 19.9. The largest absolute Gasteiger partial charge is 0.379 e. The van der Waals surface area contributed by atoms with Crippen LogP contribution < -0.4 is 0 Å². The van der Waals surface area contributed by atoms with Gasteiger partial charge in [0.05, 0.1) is 12.7 Å². The monoisotopic (exact) mass is 306 g/mol. The van der Waals surface area contributed by atoms with Crippen molar-refractivity contribution in [1.29, 1.82) is 0 Å². The van der Waals surface area contributed by atoms with Gasteiger partial charge in [-0.1, -0.05) is 48.0 Å². The molecule has 0 bridgehead atoms. The van der Waals surface area contributed by atoms with Crippen LogP contribution in [0.5, 0.6) is 0 Å². The van der Waals surface area contributed by atoms with E-state index in [9.17, 15) is 0 Å². The third kappa shape index (κ3) is 9.04. The van der Waals surface area contributed by atoms with Gasteiger partial charge in [-0.05, 0) is 25.7 Å². The van der Waals surface area contributed by atoms with Crippen LogP contribution in [-0.4, -0.2) is 31.3 Å². The summed E-state index contributed by atoms with van der Waals surface area (Å²) in [4.78, 5) is 0. The first kappa shape index (κ1) is 15.5. The van der Waals surface area contributed by atoms with E-state index in [0.717, 1.165) is 25.2 Å². The molecular formula is C14H27BrO2. The lowest BCUT2D eigenvalue weighted by atomic mass is 10.1. The van der Waals surface area contributed by atoms with Crippen molar-refractivity contribution in [2.75, 3.05) is 25.2 Å². The van der Waals surface area contributed by atoms with Crippen molar-refractivity contribution >= 4 is 15.9 Å². The Morgan fingerprint density at radius 1 is 1.00 bits per heavy atom. The zero-order chi connectivity index (χ0) is 12.2. The summed E-state index contributed by atoms with van der Waals surface area (Å²) in [5.74, 6) is 0. The number of hydrogen-bond acceptors (Lipinski definition) is 2. The van der Waals surface area contributed by atoms with E-state index >= 15 is 0 Å². The minimum Gasteiger partial charge on any atom is -0.379 e. The summed E-state index contributed by atoms with van der Waals surface area (Å²) in [6.45, 7) is 2.66. The van der Waals surface area contributed by atoms with Gasteiger partial charge in [-0.25, -0.2) is 0 Å². The molecule has 0 spiro atoms. The fraction of sp³-hybridized carbons (Fsp3) is 1.00. The molecule has 0 aliphatic carbocycles. The zero-order valence-corrected chi connectivity index (χ0v) is 12.6. The molecule has 1 rings (SSSR count). The topological polar surface area (TPSA) is 18.5 Å². The van der Waals surface area contributed by atoms with E-state index in [4.69, 9.17) is 9.47 Å². The van der Waals surface area contributed by atoms with Crippen LogP contribution in [0.15, 0.2) is 0 Å². The third-order valence-electron chi connectivity index (χ3n) is 3.25. The molecule has 102 valence electrons. The molecule has 0 radical (unpaired) electrons. The maximum absolute atomic E-state index is 5.63. The number of rotatable bonds is 11. The Morgan fingerprint density at radius 2 is 1.71 bits per heavy atom. The van der Waals surface area contributed by atoms with Crippen LogP contribution in [0.25, 0.3) is 0 Å². The summed E-state index contributed by atoms with van der Waals surface area (Å²) in [6, 6.07) is 0. The van der Waals surface area contributed by atoms with Gasteiger partial charge >= 0.3 is 0 Å². The van der Waals surface area contributed by atoms with Gasteiger partial charge in [0.1, 0.15) is 0 Å². The van der Waals surface area contributed by atoms with E-state index < -0.39 is 0 Å². The maximum atomic E-state index is 5.63. The molecule has 1 aliphatic heterocycles.